The smallest absolute Gasteiger partial charge is 0.338 e. The van der Waals surface area contributed by atoms with Gasteiger partial charge in [0.15, 0.2) is 0 Å². The molecule has 2 aromatic rings. The number of carbonyl (C=O) groups is 1. The van der Waals surface area contributed by atoms with Crippen molar-refractivity contribution in [2.24, 2.45) is 0 Å². The highest BCUT2D eigenvalue weighted by Gasteiger charge is 2.33. The topological polar surface area (TPSA) is 78.8 Å². The monoisotopic (exact) mass is 447 g/mol. The molecule has 0 saturated carbocycles. The molecule has 166 valence electrons. The number of allylic oxidation sites excluding steroid dienone is 2. The Balaban J connectivity index is 2.32. The Bertz CT molecular complexity index is 1000. The van der Waals surface area contributed by atoms with E-state index in [9.17, 15) is 19.6 Å². The fourth-order valence-electron chi connectivity index (χ4n) is 2.87. The van der Waals surface area contributed by atoms with Gasteiger partial charge in [-0.25, -0.2) is 9.18 Å². The van der Waals surface area contributed by atoms with Gasteiger partial charge in [0, 0.05) is 4.91 Å². The minimum Gasteiger partial charge on any atom is -0.465 e. The number of aryl methyl sites for hydroxylation is 1. The van der Waals surface area contributed by atoms with Crippen molar-refractivity contribution >= 4 is 28.3 Å². The first kappa shape index (κ1) is 24.6. The number of hydroxylamine groups is 2. The van der Waals surface area contributed by atoms with Gasteiger partial charge < -0.3 is 4.74 Å². The third-order valence-corrected chi connectivity index (χ3v) is 6.19. The number of rotatable bonds is 8. The number of nitrogens with zero attached hydrogens (tertiary/aromatic N) is 1. The third-order valence-electron chi connectivity index (χ3n) is 4.70. The second kappa shape index (κ2) is 10.6. The van der Waals surface area contributed by atoms with Gasteiger partial charge in [0.1, 0.15) is 5.82 Å². The maximum Gasteiger partial charge on any atom is 0.338 e. The molecule has 0 saturated heterocycles. The van der Waals surface area contributed by atoms with Gasteiger partial charge in [0.25, 0.3) is 5.03 Å². The van der Waals surface area contributed by atoms with Crippen molar-refractivity contribution < 1.29 is 29.3 Å². The molecule has 0 radical (unpaired) electrons. The molecule has 0 atom stereocenters. The van der Waals surface area contributed by atoms with E-state index in [1.54, 1.807) is 50.3 Å². The Hall–Kier alpha value is -2.65. The Morgan fingerprint density at radius 3 is 2.39 bits per heavy atom. The highest BCUT2D eigenvalue weighted by molar-refractivity contribution is 8.11. The Morgan fingerprint density at radius 1 is 1.23 bits per heavy atom. The molecule has 0 bridgehead atoms. The molecule has 0 amide bonds. The number of hydrogen-bond donors (Lipinski definition) is 3. The van der Waals surface area contributed by atoms with Gasteiger partial charge in [-0.2, -0.15) is 5.43 Å². The van der Waals surface area contributed by atoms with Crippen LogP contribution >= 0.6 is 11.8 Å². The molecule has 0 heterocycles. The lowest BCUT2D eigenvalue weighted by atomic mass is 10.1. The van der Waals surface area contributed by atoms with Crippen LogP contribution in [-0.2, 0) is 4.74 Å². The van der Waals surface area contributed by atoms with Crippen LogP contribution in [-0.4, -0.2) is 28.4 Å². The average molecular weight is 448 g/mol. The third kappa shape index (κ3) is 6.18. The molecule has 8 heteroatoms. The molecule has 2 rings (SSSR count). The molecule has 0 spiro atoms. The summed E-state index contributed by atoms with van der Waals surface area (Å²) in [7, 11) is 1.30. The summed E-state index contributed by atoms with van der Waals surface area (Å²) in [6, 6.07) is 10.8. The summed E-state index contributed by atoms with van der Waals surface area (Å²) in [5.41, 5.74) is 5.86. The second-order valence-corrected chi connectivity index (χ2v) is 7.96. The fourth-order valence-corrected chi connectivity index (χ4v) is 3.94. The standard InChI is InChI=1S/C23H27FN2O4S/c1-6-15(3)22(17-8-10-18(24)11-9-17)31-21(7-2)26(28,29)25-19-12-13-20(16(4)14-19)23(27)30-5/h7-14,28-29H,6H2,1-5H3/p+1/b21-7-,22-15?. The number of hydrogen-bond acceptors (Lipinski definition) is 6. The van der Waals surface area contributed by atoms with Crippen LogP contribution in [0, 0.1) is 12.7 Å². The van der Waals surface area contributed by atoms with Gasteiger partial charge >= 0.3 is 5.97 Å². The van der Waals surface area contributed by atoms with Crippen LogP contribution < -0.4 is 5.43 Å². The molecule has 0 aromatic heterocycles. The molecule has 0 aliphatic rings. The van der Waals surface area contributed by atoms with Crippen LogP contribution in [0.5, 0.6) is 0 Å². The molecule has 0 fully saturated rings. The number of carbonyl (C=O) groups excluding carboxylic acids is 1. The number of quaternary nitrogens is 1. The summed E-state index contributed by atoms with van der Waals surface area (Å²) in [5, 5.41) is 21.7. The van der Waals surface area contributed by atoms with Crippen LogP contribution in [0.25, 0.3) is 4.91 Å². The lowest BCUT2D eigenvalue weighted by molar-refractivity contribution is -1.20. The number of methoxy groups -OCH3 is 1. The zero-order valence-corrected chi connectivity index (χ0v) is 19.1. The molecule has 0 unspecified atom stereocenters. The van der Waals surface area contributed by atoms with E-state index < -0.39 is 10.9 Å². The van der Waals surface area contributed by atoms with Crippen LogP contribution in [0.3, 0.4) is 0 Å². The largest absolute Gasteiger partial charge is 0.465 e. The molecule has 31 heavy (non-hydrogen) atoms. The van der Waals surface area contributed by atoms with E-state index >= 15 is 0 Å². The first-order valence-electron chi connectivity index (χ1n) is 9.75. The van der Waals surface area contributed by atoms with Crippen LogP contribution in [0.2, 0.25) is 0 Å². The van der Waals surface area contributed by atoms with Crippen LogP contribution in [0.15, 0.2) is 59.1 Å². The number of esters is 1. The Kier molecular flexibility index (Phi) is 8.41. The van der Waals surface area contributed by atoms with Crippen LogP contribution in [0.1, 0.15) is 48.7 Å². The zero-order valence-electron chi connectivity index (χ0n) is 18.3. The second-order valence-electron chi connectivity index (χ2n) is 6.93. The Morgan fingerprint density at radius 2 is 1.87 bits per heavy atom. The van der Waals surface area contributed by atoms with Gasteiger partial charge in [-0.05, 0) is 86.5 Å². The highest BCUT2D eigenvalue weighted by atomic mass is 32.2. The van der Waals surface area contributed by atoms with Crippen molar-refractivity contribution in [3.63, 3.8) is 0 Å². The summed E-state index contributed by atoms with van der Waals surface area (Å²) in [6.07, 6.45) is 2.33. The van der Waals surface area contributed by atoms with E-state index in [0.29, 0.717) is 16.8 Å². The van der Waals surface area contributed by atoms with Gasteiger partial charge in [-0.3, -0.25) is 0 Å². The maximum absolute atomic E-state index is 13.4. The van der Waals surface area contributed by atoms with Gasteiger partial charge in [-0.1, -0.05) is 24.6 Å². The highest BCUT2D eigenvalue weighted by Crippen LogP contribution is 2.40. The Labute approximate surface area is 186 Å². The number of benzene rings is 2. The van der Waals surface area contributed by atoms with E-state index in [1.807, 2.05) is 13.8 Å². The predicted octanol–water partition coefficient (Wildman–Crippen LogP) is 6.28. The van der Waals surface area contributed by atoms with E-state index in [-0.39, 0.29) is 10.8 Å². The van der Waals surface area contributed by atoms with E-state index in [0.717, 1.165) is 22.5 Å². The zero-order chi connectivity index (χ0) is 23.2. The molecular formula is C23H28FN2O4S+. The molecule has 2 aromatic carbocycles. The number of nitrogens with one attached hydrogen (secondary N) is 1. The number of ether oxygens (including phenoxy) is 1. The molecule has 3 N–H and O–H groups in total. The summed E-state index contributed by atoms with van der Waals surface area (Å²) in [5.74, 6) is -0.804. The molecule has 0 aliphatic heterocycles. The van der Waals surface area contributed by atoms with Gasteiger partial charge in [0.2, 0.25) is 0 Å². The molecule has 6 nitrogen and oxygen atoms in total. The van der Waals surface area contributed by atoms with Crippen molar-refractivity contribution in [2.75, 3.05) is 12.5 Å². The van der Waals surface area contributed by atoms with Gasteiger partial charge in [-0.15, -0.1) is 10.4 Å². The average Bonchev–Trinajstić information content (AvgIpc) is 2.74. The number of thioether (sulfide) groups is 1. The first-order chi connectivity index (χ1) is 14.6. The maximum atomic E-state index is 13.4. The number of halogens is 1. The fraction of sp³-hybridized carbons (Fsp3) is 0.261. The summed E-state index contributed by atoms with van der Waals surface area (Å²) < 4.78 is 18.1. The van der Waals surface area contributed by atoms with Crippen molar-refractivity contribution in [3.8, 4) is 0 Å². The van der Waals surface area contributed by atoms with E-state index in [1.165, 1.54) is 31.0 Å². The number of anilines is 1. The van der Waals surface area contributed by atoms with Crippen molar-refractivity contribution in [3.05, 3.63) is 81.7 Å². The quantitative estimate of drug-likeness (QED) is 0.251. The minimum absolute atomic E-state index is 0.196. The molecule has 0 aliphatic carbocycles. The first-order valence-corrected chi connectivity index (χ1v) is 10.6. The summed E-state index contributed by atoms with van der Waals surface area (Å²) in [6.45, 7) is 7.37. The summed E-state index contributed by atoms with van der Waals surface area (Å²) >= 11 is 1.18. The van der Waals surface area contributed by atoms with Crippen molar-refractivity contribution in [1.82, 2.24) is 0 Å². The summed E-state index contributed by atoms with van der Waals surface area (Å²) in [4.78, 5) is 11.0. The minimum atomic E-state index is -1.60. The SMILES string of the molecule is C/C=C(\SC(=C(C)CC)c1ccc(F)cc1)[N+](O)(O)Nc1ccc(C(=O)OC)c(C)c1. The van der Waals surface area contributed by atoms with Crippen LogP contribution in [0.4, 0.5) is 10.1 Å². The molecular weight excluding hydrogens is 419 g/mol. The van der Waals surface area contributed by atoms with Crippen molar-refractivity contribution in [1.29, 1.82) is 0 Å². The van der Waals surface area contributed by atoms with Gasteiger partial charge in [0.05, 0.1) is 23.3 Å². The lowest BCUT2D eigenvalue weighted by Crippen LogP contribution is -2.44. The van der Waals surface area contributed by atoms with E-state index in [2.05, 4.69) is 5.43 Å². The normalized spacial score (nSPS) is 13.0. The van der Waals surface area contributed by atoms with E-state index in [4.69, 9.17) is 4.74 Å². The van der Waals surface area contributed by atoms with Crippen molar-refractivity contribution in [2.45, 2.75) is 34.1 Å². The lowest BCUT2D eigenvalue weighted by Gasteiger charge is -2.24. The predicted molar refractivity (Wildman–Crippen MR) is 121 cm³/mol.